The highest BCUT2D eigenvalue weighted by Gasteiger charge is 2.20. The molecular weight excluding hydrogens is 334 g/mol. The summed E-state index contributed by atoms with van der Waals surface area (Å²) in [7, 11) is 0. The highest BCUT2D eigenvalue weighted by molar-refractivity contribution is 5.85. The number of hydrogen-bond acceptors (Lipinski definition) is 4. The Morgan fingerprint density at radius 3 is 2.12 bits per heavy atom. The van der Waals surface area contributed by atoms with Gasteiger partial charge >= 0.3 is 6.09 Å². The average Bonchev–Trinajstić information content (AvgIpc) is 2.45. The predicted octanol–water partition coefficient (Wildman–Crippen LogP) is 1.71. The van der Waals surface area contributed by atoms with Crippen molar-refractivity contribution in [1.82, 2.24) is 20.9 Å². The maximum absolute atomic E-state index is 12.1. The highest BCUT2D eigenvalue weighted by Crippen LogP contribution is 2.09. The van der Waals surface area contributed by atoms with Gasteiger partial charge in [-0.25, -0.2) is 9.79 Å². The largest absolute Gasteiger partial charge is 0.444 e. The van der Waals surface area contributed by atoms with Crippen LogP contribution in [0.3, 0.4) is 0 Å². The maximum Gasteiger partial charge on any atom is 0.410 e. The van der Waals surface area contributed by atoms with Crippen LogP contribution in [0.15, 0.2) is 4.99 Å². The van der Waals surface area contributed by atoms with Gasteiger partial charge in [-0.3, -0.25) is 4.79 Å². The molecule has 0 aromatic heterocycles. The minimum absolute atomic E-state index is 0.0379. The average molecular weight is 372 g/mol. The summed E-state index contributed by atoms with van der Waals surface area (Å²) in [6.45, 7) is 17.4. The molecule has 0 radical (unpaired) electrons. The van der Waals surface area contributed by atoms with Crippen LogP contribution in [0, 0.1) is 0 Å². The molecule has 0 rings (SSSR count). The first-order valence-electron chi connectivity index (χ1n) is 9.19. The van der Waals surface area contributed by atoms with Gasteiger partial charge in [0.2, 0.25) is 5.91 Å². The number of rotatable bonds is 7. The van der Waals surface area contributed by atoms with E-state index in [4.69, 9.17) is 4.74 Å². The van der Waals surface area contributed by atoms with E-state index >= 15 is 0 Å². The number of carbonyl (C=O) groups excluding carboxylic acids is 2. The van der Waals surface area contributed by atoms with Crippen LogP contribution >= 0.6 is 0 Å². The number of aliphatic imine (C=N–C) groups is 1. The maximum atomic E-state index is 12.1. The lowest BCUT2D eigenvalue weighted by Gasteiger charge is -2.26. The smallest absolute Gasteiger partial charge is 0.410 e. The zero-order chi connectivity index (χ0) is 20.4. The minimum Gasteiger partial charge on any atom is -0.444 e. The van der Waals surface area contributed by atoms with Gasteiger partial charge in [0, 0.05) is 31.7 Å². The fourth-order valence-electron chi connectivity index (χ4n) is 1.96. The first-order chi connectivity index (χ1) is 11.9. The molecule has 3 N–H and O–H groups in total. The Morgan fingerprint density at radius 1 is 1.04 bits per heavy atom. The predicted molar refractivity (Wildman–Crippen MR) is 105 cm³/mol. The van der Waals surface area contributed by atoms with E-state index in [1.807, 2.05) is 55.4 Å². The number of ether oxygens (including phenoxy) is 1. The molecule has 8 heteroatoms. The van der Waals surface area contributed by atoms with E-state index in [0.717, 1.165) is 0 Å². The second kappa shape index (κ2) is 10.9. The fraction of sp³-hybridized carbons (Fsp3) is 0.833. The molecule has 2 amide bonds. The number of likely N-dealkylation sites (N-methyl/N-ethyl adjacent to an activating group) is 1. The molecule has 26 heavy (non-hydrogen) atoms. The van der Waals surface area contributed by atoms with Crippen molar-refractivity contribution in [3.8, 4) is 0 Å². The van der Waals surface area contributed by atoms with Crippen LogP contribution < -0.4 is 16.0 Å². The first-order valence-corrected chi connectivity index (χ1v) is 9.19. The summed E-state index contributed by atoms with van der Waals surface area (Å²) in [4.78, 5) is 29.9. The molecule has 0 bridgehead atoms. The Hall–Kier alpha value is -1.99. The minimum atomic E-state index is -0.519. The van der Waals surface area contributed by atoms with Gasteiger partial charge in [-0.15, -0.1) is 0 Å². The molecule has 0 fully saturated rings. The van der Waals surface area contributed by atoms with E-state index in [9.17, 15) is 9.59 Å². The Balaban J connectivity index is 4.56. The number of hydrogen-bond donors (Lipinski definition) is 3. The summed E-state index contributed by atoms with van der Waals surface area (Å²) < 4.78 is 5.38. The summed E-state index contributed by atoms with van der Waals surface area (Å²) in [6.07, 6.45) is -0.340. The Morgan fingerprint density at radius 2 is 1.65 bits per heavy atom. The number of nitrogens with one attached hydrogen (secondary N) is 3. The van der Waals surface area contributed by atoms with Gasteiger partial charge in [0.15, 0.2) is 5.96 Å². The SMILES string of the molecule is CCNC(=NCC(=O)NC(C)(C)C)NCCN(CC)C(=O)OC(C)(C)C. The van der Waals surface area contributed by atoms with E-state index < -0.39 is 5.60 Å². The third-order valence-electron chi connectivity index (χ3n) is 2.95. The van der Waals surface area contributed by atoms with Crippen LogP contribution in [0.4, 0.5) is 4.79 Å². The zero-order valence-corrected chi connectivity index (χ0v) is 17.7. The second-order valence-corrected chi connectivity index (χ2v) is 7.98. The van der Waals surface area contributed by atoms with Crippen molar-refractivity contribution in [2.75, 3.05) is 32.7 Å². The van der Waals surface area contributed by atoms with Crippen LogP contribution in [0.5, 0.6) is 0 Å². The van der Waals surface area contributed by atoms with Crippen molar-refractivity contribution in [3.63, 3.8) is 0 Å². The van der Waals surface area contributed by atoms with Gasteiger partial charge < -0.3 is 25.6 Å². The number of amides is 2. The summed E-state index contributed by atoms with van der Waals surface area (Å²) in [6, 6.07) is 0. The number of nitrogens with zero attached hydrogens (tertiary/aromatic N) is 2. The van der Waals surface area contributed by atoms with Gasteiger partial charge in [0.25, 0.3) is 0 Å². The van der Waals surface area contributed by atoms with E-state index in [-0.39, 0.29) is 24.1 Å². The van der Waals surface area contributed by atoms with Gasteiger partial charge in [0.1, 0.15) is 12.1 Å². The summed E-state index contributed by atoms with van der Waals surface area (Å²) in [5.41, 5.74) is -0.803. The van der Waals surface area contributed by atoms with Crippen molar-refractivity contribution in [2.24, 2.45) is 4.99 Å². The lowest BCUT2D eigenvalue weighted by Crippen LogP contribution is -2.45. The van der Waals surface area contributed by atoms with E-state index in [1.54, 1.807) is 4.90 Å². The molecule has 0 aromatic rings. The van der Waals surface area contributed by atoms with E-state index in [1.165, 1.54) is 0 Å². The molecular formula is C18H37N5O3. The molecule has 0 spiro atoms. The number of guanidine groups is 1. The lowest BCUT2D eigenvalue weighted by atomic mass is 10.1. The Kier molecular flexibility index (Phi) is 10.0. The van der Waals surface area contributed by atoms with E-state index in [0.29, 0.717) is 32.1 Å². The molecule has 0 aliphatic carbocycles. The molecule has 0 aliphatic heterocycles. The lowest BCUT2D eigenvalue weighted by molar-refractivity contribution is -0.121. The van der Waals surface area contributed by atoms with Gasteiger partial charge in [-0.2, -0.15) is 0 Å². The van der Waals surface area contributed by atoms with E-state index in [2.05, 4.69) is 20.9 Å². The van der Waals surface area contributed by atoms with Gasteiger partial charge in [-0.1, -0.05) is 0 Å². The summed E-state index contributed by atoms with van der Waals surface area (Å²) in [5.74, 6) is 0.399. The topological polar surface area (TPSA) is 95.1 Å². The fourth-order valence-corrected chi connectivity index (χ4v) is 1.96. The molecule has 0 aromatic carbocycles. The van der Waals surface area contributed by atoms with Gasteiger partial charge in [-0.05, 0) is 55.4 Å². The zero-order valence-electron chi connectivity index (χ0n) is 17.7. The third-order valence-corrected chi connectivity index (χ3v) is 2.95. The second-order valence-electron chi connectivity index (χ2n) is 7.98. The number of carbonyl (C=O) groups is 2. The highest BCUT2D eigenvalue weighted by atomic mass is 16.6. The molecule has 152 valence electrons. The van der Waals surface area contributed by atoms with Crippen molar-refractivity contribution in [2.45, 2.75) is 66.5 Å². The normalized spacial score (nSPS) is 12.4. The van der Waals surface area contributed by atoms with Crippen molar-refractivity contribution >= 4 is 18.0 Å². The standard InChI is InChI=1S/C18H37N5O3/c1-9-19-15(21-13-14(24)22-17(3,4)5)20-11-12-23(10-2)16(25)26-18(6,7)8/h9-13H2,1-8H3,(H,22,24)(H2,19,20,21). The van der Waals surface area contributed by atoms with Crippen LogP contribution in [-0.4, -0.2) is 66.7 Å². The van der Waals surface area contributed by atoms with Crippen molar-refractivity contribution in [1.29, 1.82) is 0 Å². The monoisotopic (exact) mass is 371 g/mol. The molecule has 0 saturated carbocycles. The summed E-state index contributed by atoms with van der Waals surface area (Å²) >= 11 is 0. The first kappa shape index (κ1) is 24.0. The molecule has 8 nitrogen and oxygen atoms in total. The van der Waals surface area contributed by atoms with Crippen LogP contribution in [-0.2, 0) is 9.53 Å². The van der Waals surface area contributed by atoms with Crippen molar-refractivity contribution in [3.05, 3.63) is 0 Å². The van der Waals surface area contributed by atoms with Crippen LogP contribution in [0.1, 0.15) is 55.4 Å². The van der Waals surface area contributed by atoms with Gasteiger partial charge in [0.05, 0.1) is 0 Å². The third kappa shape index (κ3) is 12.4. The molecule has 0 heterocycles. The molecule has 0 unspecified atom stereocenters. The quantitative estimate of drug-likeness (QED) is 0.468. The summed E-state index contributed by atoms with van der Waals surface area (Å²) in [5, 5.41) is 9.08. The molecule has 0 aliphatic rings. The Labute approximate surface area is 158 Å². The Bertz CT molecular complexity index is 478. The van der Waals surface area contributed by atoms with Crippen LogP contribution in [0.25, 0.3) is 0 Å². The molecule has 0 saturated heterocycles. The van der Waals surface area contributed by atoms with Crippen molar-refractivity contribution < 1.29 is 14.3 Å². The molecule has 0 atom stereocenters. The van der Waals surface area contributed by atoms with Crippen LogP contribution in [0.2, 0.25) is 0 Å².